The first-order valence-corrected chi connectivity index (χ1v) is 8.67. The van der Waals surface area contributed by atoms with Gasteiger partial charge in [-0.2, -0.15) is 0 Å². The summed E-state index contributed by atoms with van der Waals surface area (Å²) in [6.45, 7) is 3.40. The van der Waals surface area contributed by atoms with Crippen molar-refractivity contribution in [2.75, 3.05) is 40.0 Å². The molecule has 1 aromatic rings. The fourth-order valence-electron chi connectivity index (χ4n) is 2.66. The summed E-state index contributed by atoms with van der Waals surface area (Å²) in [6.07, 6.45) is 1.79. The van der Waals surface area contributed by atoms with Crippen LogP contribution in [0.3, 0.4) is 0 Å². The topological polar surface area (TPSA) is 67.9 Å². The van der Waals surface area contributed by atoms with Gasteiger partial charge in [0.1, 0.15) is 12.4 Å². The summed E-state index contributed by atoms with van der Waals surface area (Å²) < 4.78 is 23.1. The number of nitrogens with zero attached hydrogens (tertiary/aromatic N) is 1. The van der Waals surface area contributed by atoms with Crippen molar-refractivity contribution in [3.63, 3.8) is 0 Å². The number of amides is 2. The fourth-order valence-corrected chi connectivity index (χ4v) is 2.66. The normalized spacial score (nSPS) is 14.2. The fraction of sp³-hybridized carbons (Fsp3) is 0.474. The Labute approximate surface area is 153 Å². The Morgan fingerprint density at radius 3 is 2.92 bits per heavy atom. The van der Waals surface area contributed by atoms with Gasteiger partial charge in [0.25, 0.3) is 5.91 Å². The van der Waals surface area contributed by atoms with E-state index in [0.717, 1.165) is 5.56 Å². The molecule has 0 atom stereocenters. The molecule has 2 amide bonds. The summed E-state index contributed by atoms with van der Waals surface area (Å²) in [5, 5.41) is 2.71. The third-order valence-electron chi connectivity index (χ3n) is 4.24. The maximum Gasteiger partial charge on any atom is 0.254 e. The summed E-state index contributed by atoms with van der Waals surface area (Å²) in [4.78, 5) is 26.0. The highest BCUT2D eigenvalue weighted by molar-refractivity contribution is 5.98. The Kier molecular flexibility index (Phi) is 7.59. The number of fused-ring (bicyclic) bond motifs is 1. The molecule has 7 heteroatoms. The summed E-state index contributed by atoms with van der Waals surface area (Å²) >= 11 is 0. The smallest absolute Gasteiger partial charge is 0.254 e. The highest BCUT2D eigenvalue weighted by Crippen LogP contribution is 2.24. The van der Waals surface area contributed by atoms with Gasteiger partial charge in [-0.15, -0.1) is 0 Å². The molecule has 0 aliphatic carbocycles. The monoisotopic (exact) mass is 364 g/mol. The standard InChI is InChI=1S/C19H25FN2O4/c1-3-14(11-20)13-26-16-4-5-17-15(10-16)6-8-22(19(17)24)12-18(23)21-7-9-25-2/h4-5,10-11H,3,6-9,12-13H2,1-2H3,(H,21,23). The van der Waals surface area contributed by atoms with Crippen LogP contribution in [0.15, 0.2) is 30.1 Å². The van der Waals surface area contributed by atoms with Crippen molar-refractivity contribution in [1.29, 1.82) is 0 Å². The Bertz CT molecular complexity index is 676. The van der Waals surface area contributed by atoms with Gasteiger partial charge in [0.05, 0.1) is 19.5 Å². The number of nitrogens with one attached hydrogen (secondary N) is 1. The number of hydrogen-bond acceptors (Lipinski definition) is 4. The van der Waals surface area contributed by atoms with Crippen LogP contribution in [0.1, 0.15) is 29.3 Å². The van der Waals surface area contributed by atoms with E-state index in [2.05, 4.69) is 5.32 Å². The molecule has 1 heterocycles. The predicted octanol–water partition coefficient (Wildman–Crippen LogP) is 2.09. The van der Waals surface area contributed by atoms with Crippen molar-refractivity contribution < 1.29 is 23.5 Å². The molecule has 142 valence electrons. The molecular weight excluding hydrogens is 339 g/mol. The van der Waals surface area contributed by atoms with Crippen molar-refractivity contribution in [3.8, 4) is 5.75 Å². The SMILES string of the molecule is CCC(=CF)COc1ccc2c(c1)CCN(CC(=O)NCCOC)C2=O. The number of carbonyl (C=O) groups is 2. The Morgan fingerprint density at radius 2 is 2.23 bits per heavy atom. The second-order valence-electron chi connectivity index (χ2n) is 6.05. The Hall–Kier alpha value is -2.41. The molecule has 26 heavy (non-hydrogen) atoms. The summed E-state index contributed by atoms with van der Waals surface area (Å²) in [5.74, 6) is 0.233. The molecule has 2 rings (SSSR count). The summed E-state index contributed by atoms with van der Waals surface area (Å²) in [7, 11) is 1.56. The lowest BCUT2D eigenvalue weighted by Crippen LogP contribution is -2.44. The van der Waals surface area contributed by atoms with Crippen molar-refractivity contribution in [2.45, 2.75) is 19.8 Å². The number of rotatable bonds is 9. The minimum atomic E-state index is -0.205. The van der Waals surface area contributed by atoms with Gasteiger partial charge >= 0.3 is 0 Å². The van der Waals surface area contributed by atoms with Crippen molar-refractivity contribution >= 4 is 11.8 Å². The zero-order valence-corrected chi connectivity index (χ0v) is 15.2. The van der Waals surface area contributed by atoms with E-state index in [1.54, 1.807) is 19.2 Å². The molecular formula is C19H25FN2O4. The van der Waals surface area contributed by atoms with E-state index in [1.165, 1.54) is 4.90 Å². The average Bonchev–Trinajstić information content (AvgIpc) is 2.65. The van der Waals surface area contributed by atoms with Crippen LogP contribution in [0.5, 0.6) is 5.75 Å². The first-order chi connectivity index (χ1) is 12.6. The molecule has 0 unspecified atom stereocenters. The lowest BCUT2D eigenvalue weighted by atomic mass is 9.98. The quantitative estimate of drug-likeness (QED) is 0.682. The molecule has 0 fully saturated rings. The molecule has 0 saturated heterocycles. The average molecular weight is 364 g/mol. The minimum absolute atomic E-state index is 0.0292. The number of benzene rings is 1. The van der Waals surface area contributed by atoms with Crippen LogP contribution in [0, 0.1) is 0 Å². The molecule has 1 aliphatic heterocycles. The second-order valence-corrected chi connectivity index (χ2v) is 6.05. The number of methoxy groups -OCH3 is 1. The predicted molar refractivity (Wildman–Crippen MR) is 95.9 cm³/mol. The van der Waals surface area contributed by atoms with Gasteiger partial charge in [-0.3, -0.25) is 9.59 Å². The first kappa shape index (κ1) is 19.9. The molecule has 0 saturated carbocycles. The van der Waals surface area contributed by atoms with E-state index < -0.39 is 0 Å². The molecule has 0 bridgehead atoms. The van der Waals surface area contributed by atoms with Crippen LogP contribution in [0.4, 0.5) is 4.39 Å². The van der Waals surface area contributed by atoms with Gasteiger partial charge in [-0.25, -0.2) is 4.39 Å². The van der Waals surface area contributed by atoms with Gasteiger partial charge in [0, 0.05) is 25.8 Å². The lowest BCUT2D eigenvalue weighted by Gasteiger charge is -2.28. The van der Waals surface area contributed by atoms with Crippen LogP contribution in [0.2, 0.25) is 0 Å². The van der Waals surface area contributed by atoms with E-state index in [4.69, 9.17) is 9.47 Å². The van der Waals surface area contributed by atoms with Crippen LogP contribution in [-0.4, -0.2) is 56.7 Å². The van der Waals surface area contributed by atoms with E-state index in [9.17, 15) is 14.0 Å². The molecule has 0 aromatic heterocycles. The highest BCUT2D eigenvalue weighted by atomic mass is 19.1. The van der Waals surface area contributed by atoms with E-state index in [1.807, 2.05) is 13.0 Å². The zero-order chi connectivity index (χ0) is 18.9. The van der Waals surface area contributed by atoms with Gasteiger partial charge < -0.3 is 19.7 Å². The molecule has 1 aliphatic rings. The molecule has 1 aromatic carbocycles. The second kappa shape index (κ2) is 9.91. The third-order valence-corrected chi connectivity index (χ3v) is 4.24. The van der Waals surface area contributed by atoms with Crippen molar-refractivity contribution in [1.82, 2.24) is 10.2 Å². The Balaban J connectivity index is 1.96. The zero-order valence-electron chi connectivity index (χ0n) is 15.2. The summed E-state index contributed by atoms with van der Waals surface area (Å²) in [6, 6.07) is 5.21. The number of hydrogen-bond donors (Lipinski definition) is 1. The maximum absolute atomic E-state index is 12.6. The molecule has 6 nitrogen and oxygen atoms in total. The van der Waals surface area contributed by atoms with Crippen LogP contribution in [-0.2, 0) is 16.0 Å². The van der Waals surface area contributed by atoms with Gasteiger partial charge in [-0.1, -0.05) is 6.92 Å². The van der Waals surface area contributed by atoms with Crippen molar-refractivity contribution in [2.24, 2.45) is 0 Å². The van der Waals surface area contributed by atoms with Crippen LogP contribution in [0.25, 0.3) is 0 Å². The van der Waals surface area contributed by atoms with Gasteiger partial charge in [0.15, 0.2) is 0 Å². The Morgan fingerprint density at radius 1 is 1.42 bits per heavy atom. The third kappa shape index (κ3) is 5.29. The molecule has 0 spiro atoms. The lowest BCUT2D eigenvalue weighted by molar-refractivity contribution is -0.122. The van der Waals surface area contributed by atoms with E-state index in [0.29, 0.717) is 55.8 Å². The number of ether oxygens (including phenoxy) is 2. The van der Waals surface area contributed by atoms with Crippen LogP contribution < -0.4 is 10.1 Å². The minimum Gasteiger partial charge on any atom is -0.489 e. The summed E-state index contributed by atoms with van der Waals surface area (Å²) in [5.41, 5.74) is 2.03. The maximum atomic E-state index is 12.6. The van der Waals surface area contributed by atoms with E-state index in [-0.39, 0.29) is 25.0 Å². The molecule has 1 N–H and O–H groups in total. The van der Waals surface area contributed by atoms with E-state index >= 15 is 0 Å². The van der Waals surface area contributed by atoms with Crippen LogP contribution >= 0.6 is 0 Å². The van der Waals surface area contributed by atoms with Crippen molar-refractivity contribution in [3.05, 3.63) is 41.2 Å². The highest BCUT2D eigenvalue weighted by Gasteiger charge is 2.26. The van der Waals surface area contributed by atoms with Gasteiger partial charge in [-0.05, 0) is 42.2 Å². The largest absolute Gasteiger partial charge is 0.489 e. The van der Waals surface area contributed by atoms with Gasteiger partial charge in [0.2, 0.25) is 5.91 Å². The number of carbonyl (C=O) groups excluding carboxylic acids is 2. The molecule has 0 radical (unpaired) electrons. The first-order valence-electron chi connectivity index (χ1n) is 8.67. The number of halogens is 1.